The fraction of sp³-hybridized carbons (Fsp3) is 0.400. The quantitative estimate of drug-likeness (QED) is 0.814. The van der Waals surface area contributed by atoms with Crippen LogP contribution < -0.4 is 5.32 Å². The molecule has 1 heterocycles. The molecule has 0 bridgehead atoms. The van der Waals surface area contributed by atoms with E-state index in [1.165, 1.54) is 6.07 Å². The Kier molecular flexibility index (Phi) is 2.91. The van der Waals surface area contributed by atoms with Gasteiger partial charge in [-0.25, -0.2) is 8.78 Å². The Balaban J connectivity index is 2.10. The molecule has 76 valence electrons. The maximum absolute atomic E-state index is 13.2. The minimum atomic E-state index is -0.403. The number of halogens is 2. The summed E-state index contributed by atoms with van der Waals surface area (Å²) in [6.07, 6.45) is 1.01. The Bertz CT molecular complexity index is 324. The predicted molar refractivity (Wildman–Crippen MR) is 55.7 cm³/mol. The molecule has 1 aromatic carbocycles. The highest BCUT2D eigenvalue weighted by Gasteiger charge is 2.16. The molecular formula is C10H11F2NS. The Morgan fingerprint density at radius 1 is 1.36 bits per heavy atom. The van der Waals surface area contributed by atoms with Crippen LogP contribution in [0.4, 0.5) is 14.5 Å². The van der Waals surface area contributed by atoms with Gasteiger partial charge in [0.1, 0.15) is 11.6 Å². The van der Waals surface area contributed by atoms with Gasteiger partial charge in [-0.05, 0) is 30.4 Å². The van der Waals surface area contributed by atoms with Gasteiger partial charge in [-0.3, -0.25) is 0 Å². The van der Waals surface area contributed by atoms with Crippen LogP contribution in [0.1, 0.15) is 6.42 Å². The van der Waals surface area contributed by atoms with Gasteiger partial charge in [0, 0.05) is 11.8 Å². The van der Waals surface area contributed by atoms with Gasteiger partial charge in [-0.1, -0.05) is 0 Å². The second-order valence-electron chi connectivity index (χ2n) is 3.33. The lowest BCUT2D eigenvalue weighted by Crippen LogP contribution is -2.18. The van der Waals surface area contributed by atoms with Crippen LogP contribution in [-0.2, 0) is 0 Å². The van der Waals surface area contributed by atoms with E-state index in [0.717, 1.165) is 30.1 Å². The molecule has 14 heavy (non-hydrogen) atoms. The topological polar surface area (TPSA) is 12.0 Å². The third kappa shape index (κ3) is 2.18. The van der Waals surface area contributed by atoms with Crippen molar-refractivity contribution in [1.82, 2.24) is 0 Å². The highest BCUT2D eigenvalue weighted by atomic mass is 32.2. The first-order chi connectivity index (χ1) is 6.75. The van der Waals surface area contributed by atoms with Gasteiger partial charge in [0.2, 0.25) is 0 Å². The summed E-state index contributed by atoms with van der Waals surface area (Å²) in [4.78, 5) is 0. The number of benzene rings is 1. The summed E-state index contributed by atoms with van der Waals surface area (Å²) < 4.78 is 26.0. The van der Waals surface area contributed by atoms with Crippen molar-refractivity contribution < 1.29 is 8.78 Å². The molecule has 4 heteroatoms. The molecule has 0 spiro atoms. The molecule has 0 saturated carbocycles. The summed E-state index contributed by atoms with van der Waals surface area (Å²) in [6.45, 7) is 0. The molecule has 0 aliphatic carbocycles. The van der Waals surface area contributed by atoms with Crippen molar-refractivity contribution in [3.05, 3.63) is 29.8 Å². The molecule has 1 saturated heterocycles. The molecule has 1 N–H and O–H groups in total. The van der Waals surface area contributed by atoms with Gasteiger partial charge in [-0.2, -0.15) is 11.8 Å². The molecule has 1 aromatic rings. The summed E-state index contributed by atoms with van der Waals surface area (Å²) in [5.74, 6) is 1.27. The largest absolute Gasteiger partial charge is 0.379 e. The minimum absolute atomic E-state index is 0.274. The van der Waals surface area contributed by atoms with Gasteiger partial charge in [0.15, 0.2) is 0 Å². The summed E-state index contributed by atoms with van der Waals surface area (Å²) in [5.41, 5.74) is 0.275. The summed E-state index contributed by atoms with van der Waals surface area (Å²) in [5, 5.41) is 3.01. The fourth-order valence-electron chi connectivity index (χ4n) is 1.48. The van der Waals surface area contributed by atoms with E-state index in [-0.39, 0.29) is 17.5 Å². The van der Waals surface area contributed by atoms with E-state index in [1.54, 1.807) is 0 Å². The zero-order valence-corrected chi connectivity index (χ0v) is 8.41. The molecule has 1 atom stereocenters. The molecule has 1 unspecified atom stereocenters. The van der Waals surface area contributed by atoms with Crippen molar-refractivity contribution in [1.29, 1.82) is 0 Å². The van der Waals surface area contributed by atoms with E-state index in [9.17, 15) is 8.78 Å². The van der Waals surface area contributed by atoms with Gasteiger partial charge in [-0.15, -0.1) is 0 Å². The number of anilines is 1. The van der Waals surface area contributed by atoms with Crippen LogP contribution in [0.25, 0.3) is 0 Å². The smallest absolute Gasteiger partial charge is 0.146 e. The lowest BCUT2D eigenvalue weighted by molar-refractivity contribution is 0.600. The molecule has 0 amide bonds. The van der Waals surface area contributed by atoms with Crippen LogP contribution in [0, 0.1) is 11.6 Å². The monoisotopic (exact) mass is 215 g/mol. The average Bonchev–Trinajstić information content (AvgIpc) is 2.64. The molecule has 1 nitrogen and oxygen atoms in total. The molecule has 1 fully saturated rings. The zero-order valence-electron chi connectivity index (χ0n) is 7.59. The number of thioether (sulfide) groups is 1. The predicted octanol–water partition coefficient (Wildman–Crippen LogP) is 2.88. The van der Waals surface area contributed by atoms with E-state index in [1.807, 2.05) is 11.8 Å². The first-order valence-corrected chi connectivity index (χ1v) is 5.70. The lowest BCUT2D eigenvalue weighted by Gasteiger charge is -2.13. The fourth-order valence-corrected chi connectivity index (χ4v) is 2.63. The Morgan fingerprint density at radius 2 is 2.21 bits per heavy atom. The average molecular weight is 215 g/mol. The van der Waals surface area contributed by atoms with Crippen LogP contribution >= 0.6 is 11.8 Å². The van der Waals surface area contributed by atoms with E-state index < -0.39 is 5.82 Å². The minimum Gasteiger partial charge on any atom is -0.379 e. The van der Waals surface area contributed by atoms with Crippen molar-refractivity contribution in [2.24, 2.45) is 0 Å². The van der Waals surface area contributed by atoms with Crippen molar-refractivity contribution >= 4 is 17.4 Å². The SMILES string of the molecule is Fc1ccc(F)c(NC2CCSC2)c1. The van der Waals surface area contributed by atoms with E-state index in [0.29, 0.717) is 0 Å². The van der Waals surface area contributed by atoms with Crippen LogP contribution in [0.2, 0.25) is 0 Å². The van der Waals surface area contributed by atoms with Crippen LogP contribution in [0.5, 0.6) is 0 Å². The normalized spacial score (nSPS) is 21.1. The maximum Gasteiger partial charge on any atom is 0.146 e. The second-order valence-corrected chi connectivity index (χ2v) is 4.48. The molecular weight excluding hydrogens is 204 g/mol. The number of rotatable bonds is 2. The first kappa shape index (κ1) is 9.77. The van der Waals surface area contributed by atoms with Crippen LogP contribution in [0.15, 0.2) is 18.2 Å². The van der Waals surface area contributed by atoms with Crippen molar-refractivity contribution in [2.75, 3.05) is 16.8 Å². The number of nitrogens with one attached hydrogen (secondary N) is 1. The molecule has 1 aliphatic rings. The summed E-state index contributed by atoms with van der Waals surface area (Å²) in [6, 6.07) is 3.76. The number of hydrogen-bond acceptors (Lipinski definition) is 2. The van der Waals surface area contributed by atoms with Gasteiger partial charge < -0.3 is 5.32 Å². The van der Waals surface area contributed by atoms with Crippen molar-refractivity contribution in [3.8, 4) is 0 Å². The third-order valence-electron chi connectivity index (χ3n) is 2.22. The van der Waals surface area contributed by atoms with Gasteiger partial charge in [0.05, 0.1) is 5.69 Å². The van der Waals surface area contributed by atoms with Crippen molar-refractivity contribution in [3.63, 3.8) is 0 Å². The Hall–Kier alpha value is -0.770. The van der Waals surface area contributed by atoms with Crippen LogP contribution in [-0.4, -0.2) is 17.5 Å². The highest BCUT2D eigenvalue weighted by molar-refractivity contribution is 7.99. The van der Waals surface area contributed by atoms with E-state index >= 15 is 0 Å². The molecule has 1 aliphatic heterocycles. The first-order valence-electron chi connectivity index (χ1n) is 4.55. The maximum atomic E-state index is 13.2. The van der Waals surface area contributed by atoms with E-state index in [4.69, 9.17) is 0 Å². The summed E-state index contributed by atoms with van der Waals surface area (Å²) >= 11 is 1.83. The Labute approximate surface area is 85.9 Å². The van der Waals surface area contributed by atoms with Gasteiger partial charge >= 0.3 is 0 Å². The van der Waals surface area contributed by atoms with Crippen molar-refractivity contribution in [2.45, 2.75) is 12.5 Å². The lowest BCUT2D eigenvalue weighted by atomic mass is 10.2. The highest BCUT2D eigenvalue weighted by Crippen LogP contribution is 2.23. The summed E-state index contributed by atoms with van der Waals surface area (Å²) in [7, 11) is 0. The Morgan fingerprint density at radius 3 is 2.93 bits per heavy atom. The molecule has 0 aromatic heterocycles. The van der Waals surface area contributed by atoms with Gasteiger partial charge in [0.25, 0.3) is 0 Å². The second kappa shape index (κ2) is 4.17. The third-order valence-corrected chi connectivity index (χ3v) is 3.38. The zero-order chi connectivity index (χ0) is 9.97. The number of hydrogen-bond donors (Lipinski definition) is 1. The molecule has 2 rings (SSSR count). The molecule has 0 radical (unpaired) electrons. The van der Waals surface area contributed by atoms with E-state index in [2.05, 4.69) is 5.32 Å². The standard InChI is InChI=1S/C10H11F2NS/c11-7-1-2-9(12)10(5-7)13-8-3-4-14-6-8/h1-2,5,8,13H,3-4,6H2. The van der Waals surface area contributed by atoms with Crippen LogP contribution in [0.3, 0.4) is 0 Å².